The van der Waals surface area contributed by atoms with Gasteiger partial charge in [0.1, 0.15) is 17.7 Å². The molecule has 0 saturated heterocycles. The van der Waals surface area contributed by atoms with E-state index in [1.807, 2.05) is 27.7 Å². The Bertz CT molecular complexity index is 1140. The molecule has 3 unspecified atom stereocenters. The summed E-state index contributed by atoms with van der Waals surface area (Å²) in [5, 5.41) is 9.13. The highest BCUT2D eigenvalue weighted by atomic mass is 16.4. The number of anilines is 1. The van der Waals surface area contributed by atoms with Crippen molar-refractivity contribution in [2.24, 2.45) is 23.3 Å². The summed E-state index contributed by atoms with van der Waals surface area (Å²) >= 11 is 0. The van der Waals surface area contributed by atoms with Crippen molar-refractivity contribution in [1.82, 2.24) is 10.6 Å². The second-order valence-corrected chi connectivity index (χ2v) is 10.3. The molecule has 204 valence electrons. The van der Waals surface area contributed by atoms with Crippen LogP contribution in [0, 0.1) is 18.8 Å². The van der Waals surface area contributed by atoms with Crippen LogP contribution in [-0.2, 0) is 14.4 Å². The van der Waals surface area contributed by atoms with Crippen LogP contribution in [0.4, 0.5) is 5.69 Å². The van der Waals surface area contributed by atoms with Gasteiger partial charge in [-0.25, -0.2) is 4.79 Å². The van der Waals surface area contributed by atoms with Crippen molar-refractivity contribution < 1.29 is 18.8 Å². The van der Waals surface area contributed by atoms with Crippen molar-refractivity contribution >= 4 is 34.4 Å². The number of unbranched alkanes of at least 4 members (excludes halogenated alkanes) is 1. The molecule has 7 N–H and O–H groups in total. The zero-order chi connectivity index (χ0) is 27.7. The van der Waals surface area contributed by atoms with E-state index in [1.54, 1.807) is 25.1 Å². The molecule has 3 atom stereocenters. The Morgan fingerprint density at radius 1 is 0.946 bits per heavy atom. The first-order valence-corrected chi connectivity index (χ1v) is 12.8. The summed E-state index contributed by atoms with van der Waals surface area (Å²) in [4.78, 5) is 50.8. The van der Waals surface area contributed by atoms with Crippen molar-refractivity contribution in [3.8, 4) is 0 Å². The molecule has 1 aromatic carbocycles. The number of fused-ring (bicyclic) bond motifs is 1. The largest absolute Gasteiger partial charge is 0.423 e. The Labute approximate surface area is 217 Å². The topological polar surface area (TPSA) is 170 Å². The van der Waals surface area contributed by atoms with Crippen LogP contribution in [0.2, 0.25) is 0 Å². The van der Waals surface area contributed by atoms with Crippen LogP contribution in [0.15, 0.2) is 33.5 Å². The zero-order valence-electron chi connectivity index (χ0n) is 22.4. The van der Waals surface area contributed by atoms with Gasteiger partial charge in [0.15, 0.2) is 0 Å². The highest BCUT2D eigenvalue weighted by Gasteiger charge is 2.29. The number of benzene rings is 1. The van der Waals surface area contributed by atoms with Gasteiger partial charge in [-0.05, 0) is 68.7 Å². The minimum absolute atomic E-state index is 0.0901. The van der Waals surface area contributed by atoms with Crippen molar-refractivity contribution in [3.63, 3.8) is 0 Å². The Balaban J connectivity index is 2.22. The van der Waals surface area contributed by atoms with E-state index in [0.29, 0.717) is 43.5 Å². The standard InChI is InChI=1S/C27H41N5O5/c1-15(2)12-21(32-27(36)24(29)16(3)4)26(35)31-20(8-6-7-11-28)25(34)30-18-9-10-19-17(5)13-23(33)37-22(19)14-18/h9-10,13-16,20-21,24H,6-8,11-12,28-29H2,1-5H3,(H,30,34)(H,31,35)(H,32,36). The number of nitrogens with one attached hydrogen (secondary N) is 3. The first kappa shape index (κ1) is 30.0. The van der Waals surface area contributed by atoms with E-state index in [9.17, 15) is 19.2 Å². The molecule has 0 spiro atoms. The third-order valence-electron chi connectivity index (χ3n) is 6.16. The minimum atomic E-state index is -0.857. The van der Waals surface area contributed by atoms with Crippen LogP contribution in [0.3, 0.4) is 0 Å². The van der Waals surface area contributed by atoms with Crippen LogP contribution in [-0.4, -0.2) is 42.4 Å². The predicted octanol–water partition coefficient (Wildman–Crippen LogP) is 2.17. The van der Waals surface area contributed by atoms with Crippen molar-refractivity contribution in [3.05, 3.63) is 40.2 Å². The summed E-state index contributed by atoms with van der Waals surface area (Å²) in [5.41, 5.74) is 12.7. The fraction of sp³-hybridized carbons (Fsp3) is 0.556. The SMILES string of the molecule is Cc1cc(=O)oc2cc(NC(=O)C(CCCCN)NC(=O)C(CC(C)C)NC(=O)C(N)C(C)C)ccc12. The third-order valence-corrected chi connectivity index (χ3v) is 6.16. The van der Waals surface area contributed by atoms with Crippen LogP contribution < -0.4 is 33.0 Å². The molecule has 10 nitrogen and oxygen atoms in total. The van der Waals surface area contributed by atoms with E-state index in [2.05, 4.69) is 16.0 Å². The number of aryl methyl sites for hydroxylation is 1. The van der Waals surface area contributed by atoms with Gasteiger partial charge in [0.2, 0.25) is 17.7 Å². The van der Waals surface area contributed by atoms with E-state index in [-0.39, 0.29) is 11.8 Å². The quantitative estimate of drug-likeness (QED) is 0.201. The molecular weight excluding hydrogens is 474 g/mol. The molecule has 3 amide bonds. The smallest absolute Gasteiger partial charge is 0.336 e. The average molecular weight is 516 g/mol. The molecule has 0 aliphatic carbocycles. The highest BCUT2D eigenvalue weighted by Crippen LogP contribution is 2.21. The number of carbonyl (C=O) groups excluding carboxylic acids is 3. The third kappa shape index (κ3) is 8.98. The van der Waals surface area contributed by atoms with Crippen molar-refractivity contribution in [1.29, 1.82) is 0 Å². The van der Waals surface area contributed by atoms with Crippen LogP contribution in [0.1, 0.15) is 58.9 Å². The second-order valence-electron chi connectivity index (χ2n) is 10.3. The molecule has 0 saturated carbocycles. The first-order valence-electron chi connectivity index (χ1n) is 12.8. The van der Waals surface area contributed by atoms with Crippen molar-refractivity contribution in [2.75, 3.05) is 11.9 Å². The predicted molar refractivity (Wildman–Crippen MR) is 145 cm³/mol. The molecular formula is C27H41N5O5. The summed E-state index contributed by atoms with van der Waals surface area (Å²) in [6.45, 7) is 9.82. The molecule has 0 radical (unpaired) electrons. The van der Waals surface area contributed by atoms with Gasteiger partial charge < -0.3 is 31.8 Å². The minimum Gasteiger partial charge on any atom is -0.423 e. The molecule has 0 fully saturated rings. The summed E-state index contributed by atoms with van der Waals surface area (Å²) in [5.74, 6) is -1.26. The lowest BCUT2D eigenvalue weighted by atomic mass is 9.99. The first-order chi connectivity index (χ1) is 17.4. The number of amides is 3. The van der Waals surface area contributed by atoms with Crippen LogP contribution in [0.25, 0.3) is 11.0 Å². The van der Waals surface area contributed by atoms with Gasteiger partial charge in [0.25, 0.3) is 0 Å². The van der Waals surface area contributed by atoms with E-state index in [1.165, 1.54) is 6.07 Å². The summed E-state index contributed by atoms with van der Waals surface area (Å²) < 4.78 is 5.27. The maximum absolute atomic E-state index is 13.2. The zero-order valence-corrected chi connectivity index (χ0v) is 22.4. The number of hydrogen-bond donors (Lipinski definition) is 5. The summed E-state index contributed by atoms with van der Waals surface area (Å²) in [7, 11) is 0. The maximum atomic E-state index is 13.2. The maximum Gasteiger partial charge on any atom is 0.336 e. The number of carbonyl (C=O) groups is 3. The fourth-order valence-electron chi connectivity index (χ4n) is 3.94. The van der Waals surface area contributed by atoms with E-state index >= 15 is 0 Å². The van der Waals surface area contributed by atoms with Gasteiger partial charge in [-0.1, -0.05) is 27.7 Å². The lowest BCUT2D eigenvalue weighted by molar-refractivity contribution is -0.132. The number of rotatable bonds is 13. The van der Waals surface area contributed by atoms with Gasteiger partial charge in [-0.2, -0.15) is 0 Å². The van der Waals surface area contributed by atoms with Crippen LogP contribution >= 0.6 is 0 Å². The van der Waals surface area contributed by atoms with Crippen molar-refractivity contribution in [2.45, 2.75) is 78.4 Å². The van der Waals surface area contributed by atoms with Gasteiger partial charge in [0, 0.05) is 23.2 Å². The Morgan fingerprint density at radius 3 is 2.24 bits per heavy atom. The molecule has 37 heavy (non-hydrogen) atoms. The van der Waals surface area contributed by atoms with Gasteiger partial charge >= 0.3 is 5.63 Å². The Kier molecular flexibility index (Phi) is 11.3. The average Bonchev–Trinajstić information content (AvgIpc) is 2.81. The second kappa shape index (κ2) is 13.9. The van der Waals surface area contributed by atoms with E-state index < -0.39 is 41.5 Å². The van der Waals surface area contributed by atoms with Crippen LogP contribution in [0.5, 0.6) is 0 Å². The highest BCUT2D eigenvalue weighted by molar-refractivity contribution is 5.99. The summed E-state index contributed by atoms with van der Waals surface area (Å²) in [6.07, 6.45) is 2.07. The molecule has 1 heterocycles. The normalized spacial score (nSPS) is 13.9. The molecule has 0 bridgehead atoms. The molecule has 0 aliphatic rings. The molecule has 10 heteroatoms. The number of hydrogen-bond acceptors (Lipinski definition) is 7. The van der Waals surface area contributed by atoms with Gasteiger partial charge in [-0.15, -0.1) is 0 Å². The molecule has 2 rings (SSSR count). The lowest BCUT2D eigenvalue weighted by Crippen LogP contribution is -2.56. The molecule has 2 aromatic rings. The van der Waals surface area contributed by atoms with E-state index in [0.717, 1.165) is 10.9 Å². The lowest BCUT2D eigenvalue weighted by Gasteiger charge is -2.26. The number of nitrogens with two attached hydrogens (primary N) is 2. The Hall–Kier alpha value is -3.24. The molecule has 1 aromatic heterocycles. The van der Waals surface area contributed by atoms with E-state index in [4.69, 9.17) is 15.9 Å². The fourth-order valence-corrected chi connectivity index (χ4v) is 3.94. The van der Waals surface area contributed by atoms with Gasteiger partial charge in [0.05, 0.1) is 6.04 Å². The summed E-state index contributed by atoms with van der Waals surface area (Å²) in [6, 6.07) is 4.02. The van der Waals surface area contributed by atoms with Gasteiger partial charge in [-0.3, -0.25) is 14.4 Å². The molecule has 0 aliphatic heterocycles. The Morgan fingerprint density at radius 2 is 1.62 bits per heavy atom. The monoisotopic (exact) mass is 515 g/mol.